The smallest absolute Gasteiger partial charge is 0.120 e. The lowest BCUT2D eigenvalue weighted by atomic mass is 9.79. The molecule has 1 unspecified atom stereocenters. The number of aliphatic carboxylic acids is 1. The highest BCUT2D eigenvalue weighted by Crippen LogP contribution is 2.49. The molecule has 0 saturated carbocycles. The van der Waals surface area contributed by atoms with Gasteiger partial charge in [-0.05, 0) is 43.7 Å². The van der Waals surface area contributed by atoms with Gasteiger partial charge in [0.15, 0.2) is 0 Å². The van der Waals surface area contributed by atoms with Crippen LogP contribution in [0, 0.1) is 5.92 Å². The zero-order chi connectivity index (χ0) is 16.4. The van der Waals surface area contributed by atoms with Crippen molar-refractivity contribution in [3.63, 3.8) is 0 Å². The van der Waals surface area contributed by atoms with Gasteiger partial charge in [0.2, 0.25) is 0 Å². The Hall–Kier alpha value is -1.85. The number of fused-ring (bicyclic) bond motifs is 3. The molecule has 0 spiro atoms. The number of aliphatic hydroxyl groups excluding tert-OH is 1. The summed E-state index contributed by atoms with van der Waals surface area (Å²) in [5.74, 6) is -0.716. The van der Waals surface area contributed by atoms with Gasteiger partial charge in [-0.3, -0.25) is 4.90 Å². The normalized spacial score (nSPS) is 27.0. The maximum Gasteiger partial charge on any atom is 0.120 e. The zero-order valence-corrected chi connectivity index (χ0v) is 13.6. The van der Waals surface area contributed by atoms with Crippen molar-refractivity contribution in [2.24, 2.45) is 5.92 Å². The van der Waals surface area contributed by atoms with E-state index >= 15 is 0 Å². The van der Waals surface area contributed by atoms with Gasteiger partial charge in [-0.25, -0.2) is 0 Å². The van der Waals surface area contributed by atoms with Crippen LogP contribution >= 0.6 is 0 Å². The third-order valence-corrected chi connectivity index (χ3v) is 6.29. The second-order valence-corrected chi connectivity index (χ2v) is 7.40. The number of nitrogens with zero attached hydrogens (tertiary/aromatic N) is 2. The van der Waals surface area contributed by atoms with Crippen LogP contribution in [0.4, 0.5) is 0 Å². The second kappa shape index (κ2) is 5.07. The standard InChI is InChI=1S/C19H22N2O3/c22-18(19(23)24)14-5-1-4-12-13-7-9-20-8-2-3-11-6-10-21(16(12)14)17(13)15(11)20/h1,4-5,11,15,18,22H,2-3,6-10H2,(H,23,24)/p-1/t11-,15+,18?/m0/s1. The number of hydrogen-bond donors (Lipinski definition) is 1. The molecule has 0 bridgehead atoms. The maximum atomic E-state index is 11.2. The van der Waals surface area contributed by atoms with E-state index in [2.05, 4.69) is 15.5 Å². The van der Waals surface area contributed by atoms with E-state index in [4.69, 9.17) is 0 Å². The number of aryl methyl sites for hydroxylation is 1. The summed E-state index contributed by atoms with van der Waals surface area (Å²) in [6, 6.07) is 6.13. The summed E-state index contributed by atoms with van der Waals surface area (Å²) >= 11 is 0. The molecule has 3 aliphatic rings. The van der Waals surface area contributed by atoms with E-state index in [9.17, 15) is 15.0 Å². The van der Waals surface area contributed by atoms with Gasteiger partial charge in [0.05, 0.1) is 17.5 Å². The highest BCUT2D eigenvalue weighted by Gasteiger charge is 2.42. The fraction of sp³-hybridized carbons (Fsp3) is 0.526. The predicted molar refractivity (Wildman–Crippen MR) is 87.3 cm³/mol. The Kier molecular flexibility index (Phi) is 3.06. The highest BCUT2D eigenvalue weighted by molar-refractivity contribution is 5.92. The average Bonchev–Trinajstić information content (AvgIpc) is 2.94. The number of rotatable bonds is 2. The molecule has 4 heterocycles. The summed E-state index contributed by atoms with van der Waals surface area (Å²) in [4.78, 5) is 13.9. The van der Waals surface area contributed by atoms with Crippen LogP contribution in [0.25, 0.3) is 10.9 Å². The molecule has 5 rings (SSSR count). The van der Waals surface area contributed by atoms with E-state index in [1.807, 2.05) is 6.07 Å². The second-order valence-electron chi connectivity index (χ2n) is 7.40. The van der Waals surface area contributed by atoms with Crippen LogP contribution in [0.15, 0.2) is 18.2 Å². The van der Waals surface area contributed by atoms with Crippen LogP contribution in [0.3, 0.4) is 0 Å². The van der Waals surface area contributed by atoms with Gasteiger partial charge in [0.25, 0.3) is 0 Å². The lowest BCUT2D eigenvalue weighted by Gasteiger charge is -2.47. The first-order valence-corrected chi connectivity index (χ1v) is 8.93. The number of hydrogen-bond acceptors (Lipinski definition) is 4. The lowest BCUT2D eigenvalue weighted by Crippen LogP contribution is -2.46. The van der Waals surface area contributed by atoms with Crippen LogP contribution in [-0.4, -0.2) is 33.6 Å². The largest absolute Gasteiger partial charge is 0.547 e. The van der Waals surface area contributed by atoms with E-state index in [1.165, 1.54) is 24.1 Å². The third-order valence-electron chi connectivity index (χ3n) is 6.29. The number of piperidine rings is 1. The molecule has 0 amide bonds. The number of carbonyl (C=O) groups is 1. The van der Waals surface area contributed by atoms with Gasteiger partial charge in [-0.1, -0.05) is 18.2 Å². The Balaban J connectivity index is 1.79. The maximum absolute atomic E-state index is 11.2. The molecule has 1 saturated heterocycles. The molecule has 3 atom stereocenters. The van der Waals surface area contributed by atoms with Crippen LogP contribution in [0.2, 0.25) is 0 Å². The third kappa shape index (κ3) is 1.80. The predicted octanol–water partition coefficient (Wildman–Crippen LogP) is 1.14. The number of carboxylic acid groups (broad SMARTS) is 1. The molecule has 1 fully saturated rings. The Morgan fingerprint density at radius 1 is 1.25 bits per heavy atom. The summed E-state index contributed by atoms with van der Waals surface area (Å²) in [6.07, 6.45) is 3.14. The Bertz CT molecular complexity index is 835. The molecule has 2 aromatic rings. The summed E-state index contributed by atoms with van der Waals surface area (Å²) < 4.78 is 2.30. The fourth-order valence-corrected chi connectivity index (χ4v) is 5.36. The minimum atomic E-state index is -1.57. The number of benzene rings is 1. The molecule has 1 N–H and O–H groups in total. The van der Waals surface area contributed by atoms with Crippen molar-refractivity contribution >= 4 is 16.9 Å². The van der Waals surface area contributed by atoms with Crippen molar-refractivity contribution in [1.29, 1.82) is 0 Å². The van der Waals surface area contributed by atoms with Gasteiger partial charge < -0.3 is 19.6 Å². The number of aromatic nitrogens is 1. The van der Waals surface area contributed by atoms with Crippen LogP contribution in [0.1, 0.15) is 48.2 Å². The van der Waals surface area contributed by atoms with Crippen LogP contribution in [-0.2, 0) is 17.8 Å². The van der Waals surface area contributed by atoms with E-state index in [0.29, 0.717) is 17.5 Å². The van der Waals surface area contributed by atoms with Gasteiger partial charge in [0.1, 0.15) is 6.10 Å². The first kappa shape index (κ1) is 14.5. The number of carbonyl (C=O) groups excluding carboxylic acids is 1. The minimum absolute atomic E-state index is 0.469. The first-order chi connectivity index (χ1) is 11.7. The van der Waals surface area contributed by atoms with E-state index < -0.39 is 12.1 Å². The van der Waals surface area contributed by atoms with Gasteiger partial charge in [-0.15, -0.1) is 0 Å². The molecular formula is C19H21N2O3-. The number of para-hydroxylation sites is 1. The van der Waals surface area contributed by atoms with Crippen molar-refractivity contribution in [3.8, 4) is 0 Å². The summed E-state index contributed by atoms with van der Waals surface area (Å²) in [5.41, 5.74) is 4.13. The molecule has 5 heteroatoms. The quantitative estimate of drug-likeness (QED) is 0.899. The van der Waals surface area contributed by atoms with Crippen molar-refractivity contribution < 1.29 is 15.0 Å². The Morgan fingerprint density at radius 2 is 2.12 bits per heavy atom. The highest BCUT2D eigenvalue weighted by atomic mass is 16.4. The topological polar surface area (TPSA) is 68.5 Å². The molecular weight excluding hydrogens is 304 g/mol. The summed E-state index contributed by atoms with van der Waals surface area (Å²) in [7, 11) is 0. The Labute approximate surface area is 140 Å². The summed E-state index contributed by atoms with van der Waals surface area (Å²) in [6.45, 7) is 3.16. The van der Waals surface area contributed by atoms with Gasteiger partial charge in [-0.2, -0.15) is 0 Å². The van der Waals surface area contributed by atoms with Crippen LogP contribution in [0.5, 0.6) is 0 Å². The molecule has 1 aromatic carbocycles. The number of carboxylic acids is 1. The SMILES string of the molecule is O=C([O-])C(O)c1cccc2c3c4n(c12)CC[C@@H]1CCCN(CC3)[C@@H]41. The van der Waals surface area contributed by atoms with Gasteiger partial charge in [0, 0.05) is 29.7 Å². The van der Waals surface area contributed by atoms with Crippen molar-refractivity contribution in [3.05, 3.63) is 35.0 Å². The molecule has 3 aliphatic heterocycles. The summed E-state index contributed by atoms with van der Waals surface area (Å²) in [5, 5.41) is 22.5. The van der Waals surface area contributed by atoms with Crippen molar-refractivity contribution in [2.45, 2.75) is 44.4 Å². The van der Waals surface area contributed by atoms with E-state index in [0.717, 1.165) is 43.4 Å². The lowest BCUT2D eigenvalue weighted by molar-refractivity contribution is -0.315. The van der Waals surface area contributed by atoms with Crippen molar-refractivity contribution in [1.82, 2.24) is 9.47 Å². The van der Waals surface area contributed by atoms with E-state index in [1.54, 1.807) is 6.07 Å². The fourth-order valence-electron chi connectivity index (χ4n) is 5.36. The number of aliphatic hydroxyl groups is 1. The first-order valence-electron chi connectivity index (χ1n) is 8.93. The van der Waals surface area contributed by atoms with E-state index in [-0.39, 0.29) is 0 Å². The minimum Gasteiger partial charge on any atom is -0.547 e. The van der Waals surface area contributed by atoms with Gasteiger partial charge >= 0.3 is 0 Å². The molecule has 0 aliphatic carbocycles. The molecule has 1 aromatic heterocycles. The zero-order valence-electron chi connectivity index (χ0n) is 13.6. The molecule has 0 radical (unpaired) electrons. The molecule has 5 nitrogen and oxygen atoms in total. The monoisotopic (exact) mass is 325 g/mol. The average molecular weight is 325 g/mol. The van der Waals surface area contributed by atoms with Crippen molar-refractivity contribution in [2.75, 3.05) is 13.1 Å². The Morgan fingerprint density at radius 3 is 2.96 bits per heavy atom. The molecule has 24 heavy (non-hydrogen) atoms. The van der Waals surface area contributed by atoms with Crippen LogP contribution < -0.4 is 5.11 Å². The molecule has 126 valence electrons.